The van der Waals surface area contributed by atoms with Gasteiger partial charge in [0.05, 0.1) is 5.57 Å². The van der Waals surface area contributed by atoms with Gasteiger partial charge in [0.2, 0.25) is 5.95 Å². The molecule has 0 unspecified atom stereocenters. The van der Waals surface area contributed by atoms with Crippen molar-refractivity contribution in [1.29, 1.82) is 0 Å². The van der Waals surface area contributed by atoms with E-state index in [1.807, 2.05) is 91.9 Å². The summed E-state index contributed by atoms with van der Waals surface area (Å²) in [4.78, 5) is 17.7. The summed E-state index contributed by atoms with van der Waals surface area (Å²) in [6.07, 6.45) is 1.47. The molecule has 0 spiro atoms. The molecule has 1 atom stereocenters. The van der Waals surface area contributed by atoms with Gasteiger partial charge in [0.15, 0.2) is 0 Å². The van der Waals surface area contributed by atoms with Crippen LogP contribution in [0.2, 0.25) is 0 Å². The summed E-state index contributed by atoms with van der Waals surface area (Å²) in [5.41, 5.74) is 3.91. The quantitative estimate of drug-likeness (QED) is 0.402. The number of hydrogen-bond donors (Lipinski definition) is 1. The lowest BCUT2D eigenvalue weighted by atomic mass is 9.95. The fourth-order valence-electron chi connectivity index (χ4n) is 4.02. The van der Waals surface area contributed by atoms with Crippen LogP contribution >= 0.6 is 0 Å². The van der Waals surface area contributed by atoms with Gasteiger partial charge in [0.25, 0.3) is 0 Å². The third-order valence-electron chi connectivity index (χ3n) is 5.68. The van der Waals surface area contributed by atoms with Gasteiger partial charge in [-0.15, -0.1) is 0 Å². The Bertz CT molecular complexity index is 1320. The molecule has 0 aliphatic carbocycles. The van der Waals surface area contributed by atoms with Crippen LogP contribution in [0.15, 0.2) is 103 Å². The lowest BCUT2D eigenvalue weighted by molar-refractivity contribution is -0.140. The van der Waals surface area contributed by atoms with Crippen LogP contribution in [0, 0.1) is 0 Å². The SMILES string of the molecule is CC1=C(C(=O)OCc2ccccc2)[C@H](c2ccccc2OCc2ccccc2)n2ncnc2N1. The van der Waals surface area contributed by atoms with Gasteiger partial charge in [-0.05, 0) is 24.1 Å². The number of benzene rings is 3. The number of para-hydroxylation sites is 1. The number of hydrogen-bond acceptors (Lipinski definition) is 6. The molecule has 1 aliphatic heterocycles. The highest BCUT2D eigenvalue weighted by atomic mass is 16.5. The maximum absolute atomic E-state index is 13.4. The Morgan fingerprint density at radius 2 is 1.56 bits per heavy atom. The largest absolute Gasteiger partial charge is 0.489 e. The van der Waals surface area contributed by atoms with E-state index in [0.29, 0.717) is 29.6 Å². The summed E-state index contributed by atoms with van der Waals surface area (Å²) in [6.45, 7) is 2.43. The van der Waals surface area contributed by atoms with E-state index in [-0.39, 0.29) is 6.61 Å². The Morgan fingerprint density at radius 1 is 0.912 bits per heavy atom. The Labute approximate surface area is 197 Å². The van der Waals surface area contributed by atoms with Crippen LogP contribution in [-0.4, -0.2) is 20.7 Å². The summed E-state index contributed by atoms with van der Waals surface area (Å²) < 4.78 is 13.6. The highest BCUT2D eigenvalue weighted by Crippen LogP contribution is 2.39. The molecule has 4 aromatic rings. The fourth-order valence-corrected chi connectivity index (χ4v) is 4.02. The van der Waals surface area contributed by atoms with E-state index in [0.717, 1.165) is 16.7 Å². The van der Waals surface area contributed by atoms with Crippen molar-refractivity contribution in [1.82, 2.24) is 14.8 Å². The zero-order chi connectivity index (χ0) is 23.3. The first-order chi connectivity index (χ1) is 16.7. The predicted octanol–water partition coefficient (Wildman–Crippen LogP) is 4.89. The van der Waals surface area contributed by atoms with Crippen molar-refractivity contribution in [2.75, 3.05) is 5.32 Å². The normalized spacial score (nSPS) is 14.8. The van der Waals surface area contributed by atoms with Gasteiger partial charge < -0.3 is 14.8 Å². The smallest absolute Gasteiger partial charge is 0.338 e. The maximum atomic E-state index is 13.4. The number of rotatable bonds is 7. The van der Waals surface area contributed by atoms with Gasteiger partial charge in [-0.1, -0.05) is 78.9 Å². The fraction of sp³-hybridized carbons (Fsp3) is 0.148. The van der Waals surface area contributed by atoms with E-state index in [2.05, 4.69) is 15.4 Å². The van der Waals surface area contributed by atoms with Gasteiger partial charge >= 0.3 is 5.97 Å². The standard InChI is InChI=1S/C27H24N4O3/c1-19-24(26(32)34-17-21-12-6-3-7-13-21)25(31-27(30-19)28-18-29-31)22-14-8-9-15-23(22)33-16-20-10-4-2-5-11-20/h2-15,18,25H,16-17H2,1H3,(H,28,29,30)/t25-/m0/s1. The predicted molar refractivity (Wildman–Crippen MR) is 128 cm³/mol. The third kappa shape index (κ3) is 4.41. The number of nitrogens with zero attached hydrogens (tertiary/aromatic N) is 3. The molecule has 34 heavy (non-hydrogen) atoms. The summed E-state index contributed by atoms with van der Waals surface area (Å²) >= 11 is 0. The number of allylic oxidation sites excluding steroid dienone is 1. The van der Waals surface area contributed by atoms with E-state index in [1.54, 1.807) is 4.68 Å². The molecule has 1 N–H and O–H groups in total. The van der Waals surface area contributed by atoms with Crippen LogP contribution in [-0.2, 0) is 22.7 Å². The summed E-state index contributed by atoms with van der Waals surface area (Å²) in [6, 6.07) is 26.7. The van der Waals surface area contributed by atoms with Gasteiger partial charge in [0, 0.05) is 11.3 Å². The molecular weight excluding hydrogens is 428 g/mol. The first-order valence-electron chi connectivity index (χ1n) is 11.0. The monoisotopic (exact) mass is 452 g/mol. The second-order valence-corrected chi connectivity index (χ2v) is 7.97. The first kappa shape index (κ1) is 21.5. The van der Waals surface area contributed by atoms with E-state index >= 15 is 0 Å². The topological polar surface area (TPSA) is 78.3 Å². The Morgan fingerprint density at radius 3 is 2.29 bits per heavy atom. The maximum Gasteiger partial charge on any atom is 0.338 e. The molecule has 5 rings (SSSR count). The number of anilines is 1. The number of carbonyl (C=O) groups excluding carboxylic acids is 1. The molecule has 7 nitrogen and oxygen atoms in total. The second kappa shape index (κ2) is 9.62. The highest BCUT2D eigenvalue weighted by Gasteiger charge is 2.36. The van der Waals surface area contributed by atoms with Crippen molar-refractivity contribution in [3.05, 3.63) is 119 Å². The number of esters is 1. The van der Waals surface area contributed by atoms with Crippen LogP contribution in [0.25, 0.3) is 0 Å². The van der Waals surface area contributed by atoms with Crippen molar-refractivity contribution in [3.8, 4) is 5.75 Å². The molecule has 0 saturated heterocycles. The summed E-state index contributed by atoms with van der Waals surface area (Å²) in [7, 11) is 0. The van der Waals surface area contributed by atoms with Crippen LogP contribution < -0.4 is 10.1 Å². The van der Waals surface area contributed by atoms with Gasteiger partial charge in [-0.3, -0.25) is 0 Å². The molecule has 0 bridgehead atoms. The molecule has 7 heteroatoms. The minimum atomic E-state index is -0.547. The first-order valence-corrected chi connectivity index (χ1v) is 11.0. The molecule has 0 radical (unpaired) electrons. The van der Waals surface area contributed by atoms with E-state index in [1.165, 1.54) is 6.33 Å². The molecule has 0 fully saturated rings. The van der Waals surface area contributed by atoms with Crippen LogP contribution in [0.1, 0.15) is 29.7 Å². The molecule has 1 aliphatic rings. The Kier molecular flexibility index (Phi) is 6.07. The Balaban J connectivity index is 1.47. The summed E-state index contributed by atoms with van der Waals surface area (Å²) in [5, 5.41) is 7.58. The zero-order valence-electron chi connectivity index (χ0n) is 18.7. The lowest BCUT2D eigenvalue weighted by Gasteiger charge is -2.29. The molecule has 0 amide bonds. The number of fused-ring (bicyclic) bond motifs is 1. The average molecular weight is 453 g/mol. The summed E-state index contributed by atoms with van der Waals surface area (Å²) in [5.74, 6) is 0.804. The van der Waals surface area contributed by atoms with Crippen LogP contribution in [0.3, 0.4) is 0 Å². The lowest BCUT2D eigenvalue weighted by Crippen LogP contribution is -2.30. The minimum absolute atomic E-state index is 0.180. The molecule has 1 aromatic heterocycles. The highest BCUT2D eigenvalue weighted by molar-refractivity contribution is 5.92. The van der Waals surface area contributed by atoms with Gasteiger partial charge in [-0.25, -0.2) is 9.48 Å². The van der Waals surface area contributed by atoms with Gasteiger partial charge in [-0.2, -0.15) is 10.1 Å². The van der Waals surface area contributed by atoms with Crippen molar-refractivity contribution in [2.24, 2.45) is 0 Å². The van der Waals surface area contributed by atoms with Crippen molar-refractivity contribution in [2.45, 2.75) is 26.2 Å². The van der Waals surface area contributed by atoms with Crippen LogP contribution in [0.4, 0.5) is 5.95 Å². The van der Waals surface area contributed by atoms with Crippen molar-refractivity contribution >= 4 is 11.9 Å². The third-order valence-corrected chi connectivity index (χ3v) is 5.68. The molecule has 3 aromatic carbocycles. The molecule has 0 saturated carbocycles. The molecule has 2 heterocycles. The number of carbonyl (C=O) groups is 1. The van der Waals surface area contributed by atoms with E-state index in [4.69, 9.17) is 9.47 Å². The molecular formula is C27H24N4O3. The number of aromatic nitrogens is 3. The van der Waals surface area contributed by atoms with Gasteiger partial charge in [0.1, 0.15) is 31.3 Å². The number of ether oxygens (including phenoxy) is 2. The van der Waals surface area contributed by atoms with Crippen LogP contribution in [0.5, 0.6) is 5.75 Å². The van der Waals surface area contributed by atoms with E-state index in [9.17, 15) is 4.79 Å². The second-order valence-electron chi connectivity index (χ2n) is 7.97. The molecule has 170 valence electrons. The number of nitrogens with one attached hydrogen (secondary N) is 1. The minimum Gasteiger partial charge on any atom is -0.489 e. The Hall–Kier alpha value is -4.39. The van der Waals surface area contributed by atoms with Crippen molar-refractivity contribution < 1.29 is 14.3 Å². The van der Waals surface area contributed by atoms with Crippen molar-refractivity contribution in [3.63, 3.8) is 0 Å². The average Bonchev–Trinajstić information content (AvgIpc) is 3.35. The van der Waals surface area contributed by atoms with E-state index < -0.39 is 12.0 Å². The zero-order valence-corrected chi connectivity index (χ0v) is 18.7.